The van der Waals surface area contributed by atoms with E-state index in [9.17, 15) is 4.79 Å². The lowest BCUT2D eigenvalue weighted by molar-refractivity contribution is -0.130. The molecule has 0 spiro atoms. The van der Waals surface area contributed by atoms with Gasteiger partial charge in [-0.3, -0.25) is 19.2 Å². The molecule has 7 nitrogen and oxygen atoms in total. The lowest BCUT2D eigenvalue weighted by atomic mass is 10.1. The van der Waals surface area contributed by atoms with E-state index in [0.29, 0.717) is 10.9 Å². The minimum atomic E-state index is 0.132. The van der Waals surface area contributed by atoms with Crippen molar-refractivity contribution in [2.24, 2.45) is 0 Å². The number of pyridine rings is 1. The van der Waals surface area contributed by atoms with E-state index in [1.54, 1.807) is 12.4 Å². The summed E-state index contributed by atoms with van der Waals surface area (Å²) in [5.41, 5.74) is 3.22. The number of benzene rings is 3. The third-order valence-corrected chi connectivity index (χ3v) is 7.79. The van der Waals surface area contributed by atoms with Crippen LogP contribution in [0.3, 0.4) is 0 Å². The van der Waals surface area contributed by atoms with Crippen molar-refractivity contribution >= 4 is 28.4 Å². The molecule has 190 valence electrons. The number of aromatic nitrogens is 4. The van der Waals surface area contributed by atoms with Gasteiger partial charge in [0.05, 0.1) is 11.4 Å². The normalized spacial score (nSPS) is 14.2. The van der Waals surface area contributed by atoms with Gasteiger partial charge in [0.25, 0.3) is 0 Å². The van der Waals surface area contributed by atoms with Gasteiger partial charge >= 0.3 is 0 Å². The number of hydrogen-bond donors (Lipinski definition) is 0. The molecule has 1 fully saturated rings. The molecule has 6 rings (SSSR count). The highest BCUT2D eigenvalue weighted by atomic mass is 32.2. The Morgan fingerprint density at radius 3 is 2.34 bits per heavy atom. The maximum absolute atomic E-state index is 13.2. The van der Waals surface area contributed by atoms with Gasteiger partial charge in [-0.05, 0) is 29.1 Å². The Bertz CT molecular complexity index is 1530. The second-order valence-corrected chi connectivity index (χ2v) is 10.2. The van der Waals surface area contributed by atoms with Crippen LogP contribution in [-0.2, 0) is 11.3 Å². The molecule has 1 aliphatic rings. The SMILES string of the molecule is O=C(CSc1nnc(-c2ccncc2)n1-c1cccc2ccccc12)N1CCN(Cc2ccccc2)CC1. The molecule has 1 amide bonds. The Labute approximate surface area is 226 Å². The highest BCUT2D eigenvalue weighted by Crippen LogP contribution is 2.31. The molecule has 0 radical (unpaired) electrons. The molecule has 0 bridgehead atoms. The average molecular weight is 521 g/mol. The average Bonchev–Trinajstić information content (AvgIpc) is 3.41. The topological polar surface area (TPSA) is 67.2 Å². The van der Waals surface area contributed by atoms with Gasteiger partial charge < -0.3 is 4.90 Å². The van der Waals surface area contributed by atoms with Gasteiger partial charge in [0.2, 0.25) is 5.91 Å². The van der Waals surface area contributed by atoms with Crippen molar-refractivity contribution in [3.8, 4) is 17.1 Å². The molecule has 3 heterocycles. The molecular weight excluding hydrogens is 492 g/mol. The summed E-state index contributed by atoms with van der Waals surface area (Å²) in [5, 5.41) is 12.0. The zero-order valence-electron chi connectivity index (χ0n) is 21.0. The molecular formula is C30H28N6OS. The standard InChI is InChI=1S/C30H28N6OS/c37-28(35-19-17-34(18-20-35)21-23-7-2-1-3-8-23)22-38-30-33-32-29(25-13-15-31-16-14-25)36(30)27-12-6-10-24-9-4-5-11-26(24)27/h1-16H,17-22H2. The molecule has 1 aliphatic heterocycles. The lowest BCUT2D eigenvalue weighted by Gasteiger charge is -2.34. The van der Waals surface area contributed by atoms with Gasteiger partial charge in [-0.15, -0.1) is 10.2 Å². The molecule has 0 saturated carbocycles. The Hall–Kier alpha value is -4.01. The fraction of sp³-hybridized carbons (Fsp3) is 0.200. The third kappa shape index (κ3) is 5.18. The molecule has 2 aromatic heterocycles. The zero-order chi connectivity index (χ0) is 25.7. The van der Waals surface area contributed by atoms with E-state index < -0.39 is 0 Å². The number of amides is 1. The number of piperazine rings is 1. The van der Waals surface area contributed by atoms with Crippen molar-refractivity contribution in [2.45, 2.75) is 11.7 Å². The Kier molecular flexibility index (Phi) is 7.15. The fourth-order valence-electron chi connectivity index (χ4n) is 4.89. The molecule has 0 atom stereocenters. The summed E-state index contributed by atoms with van der Waals surface area (Å²) in [5.74, 6) is 1.18. The first-order valence-corrected chi connectivity index (χ1v) is 13.8. The second kappa shape index (κ2) is 11.2. The van der Waals surface area contributed by atoms with Crippen molar-refractivity contribution in [2.75, 3.05) is 31.9 Å². The molecule has 0 N–H and O–H groups in total. The highest BCUT2D eigenvalue weighted by Gasteiger charge is 2.23. The van der Waals surface area contributed by atoms with Crippen LogP contribution in [0.25, 0.3) is 27.8 Å². The lowest BCUT2D eigenvalue weighted by Crippen LogP contribution is -2.48. The summed E-state index contributed by atoms with van der Waals surface area (Å²) in [7, 11) is 0. The van der Waals surface area contributed by atoms with Crippen LogP contribution >= 0.6 is 11.8 Å². The van der Waals surface area contributed by atoms with E-state index in [4.69, 9.17) is 0 Å². The predicted octanol–water partition coefficient (Wildman–Crippen LogP) is 4.92. The smallest absolute Gasteiger partial charge is 0.233 e. The molecule has 1 saturated heterocycles. The summed E-state index contributed by atoms with van der Waals surface area (Å²) in [6.07, 6.45) is 3.51. The molecule has 5 aromatic rings. The van der Waals surface area contributed by atoms with Crippen LogP contribution in [0.15, 0.2) is 102 Å². The van der Waals surface area contributed by atoms with Crippen LogP contribution in [0.5, 0.6) is 0 Å². The predicted molar refractivity (Wildman–Crippen MR) is 151 cm³/mol. The Morgan fingerprint density at radius 1 is 0.789 bits per heavy atom. The van der Waals surface area contributed by atoms with Gasteiger partial charge in [0, 0.05) is 56.1 Å². The van der Waals surface area contributed by atoms with Crippen LogP contribution in [0.2, 0.25) is 0 Å². The van der Waals surface area contributed by atoms with Crippen LogP contribution < -0.4 is 0 Å². The zero-order valence-corrected chi connectivity index (χ0v) is 21.8. The van der Waals surface area contributed by atoms with Crippen LogP contribution in [-0.4, -0.2) is 67.4 Å². The van der Waals surface area contributed by atoms with Gasteiger partial charge in [-0.1, -0.05) is 78.5 Å². The van der Waals surface area contributed by atoms with Crippen molar-refractivity contribution in [3.05, 3.63) is 103 Å². The van der Waals surface area contributed by atoms with E-state index in [2.05, 4.69) is 73.2 Å². The molecule has 38 heavy (non-hydrogen) atoms. The molecule has 0 aliphatic carbocycles. The summed E-state index contributed by atoms with van der Waals surface area (Å²) < 4.78 is 2.06. The maximum atomic E-state index is 13.2. The summed E-state index contributed by atoms with van der Waals surface area (Å²) >= 11 is 1.44. The first-order chi connectivity index (χ1) is 18.8. The highest BCUT2D eigenvalue weighted by molar-refractivity contribution is 7.99. The number of carbonyl (C=O) groups is 1. The second-order valence-electron chi connectivity index (χ2n) is 9.31. The van der Waals surface area contributed by atoms with Crippen molar-refractivity contribution in [1.82, 2.24) is 29.5 Å². The first kappa shape index (κ1) is 24.3. The number of hydrogen-bond acceptors (Lipinski definition) is 6. The van der Waals surface area contributed by atoms with Gasteiger partial charge in [0.1, 0.15) is 0 Å². The maximum Gasteiger partial charge on any atom is 0.233 e. The van der Waals surface area contributed by atoms with Crippen LogP contribution in [0, 0.1) is 0 Å². The fourth-order valence-corrected chi connectivity index (χ4v) is 5.73. The van der Waals surface area contributed by atoms with E-state index in [-0.39, 0.29) is 5.91 Å². The Balaban J connectivity index is 1.20. The monoisotopic (exact) mass is 520 g/mol. The quantitative estimate of drug-likeness (QED) is 0.284. The van der Waals surface area contributed by atoms with E-state index >= 15 is 0 Å². The summed E-state index contributed by atoms with van der Waals surface area (Å²) in [6, 6.07) is 28.9. The van der Waals surface area contributed by atoms with E-state index in [0.717, 1.165) is 60.6 Å². The van der Waals surface area contributed by atoms with Gasteiger partial charge in [-0.25, -0.2) is 0 Å². The number of thioether (sulfide) groups is 1. The molecule has 3 aromatic carbocycles. The van der Waals surface area contributed by atoms with Crippen molar-refractivity contribution in [3.63, 3.8) is 0 Å². The van der Waals surface area contributed by atoms with Gasteiger partial charge in [-0.2, -0.15) is 0 Å². The number of carbonyl (C=O) groups excluding carboxylic acids is 1. The van der Waals surface area contributed by atoms with Crippen molar-refractivity contribution in [1.29, 1.82) is 0 Å². The number of rotatable bonds is 7. The number of fused-ring (bicyclic) bond motifs is 1. The van der Waals surface area contributed by atoms with Gasteiger partial charge in [0.15, 0.2) is 11.0 Å². The third-order valence-electron chi connectivity index (χ3n) is 6.88. The summed E-state index contributed by atoms with van der Waals surface area (Å²) in [4.78, 5) is 21.7. The van der Waals surface area contributed by atoms with Crippen LogP contribution in [0.4, 0.5) is 0 Å². The molecule has 8 heteroatoms. The largest absolute Gasteiger partial charge is 0.339 e. The van der Waals surface area contributed by atoms with E-state index in [1.165, 1.54) is 17.3 Å². The Morgan fingerprint density at radius 2 is 1.53 bits per heavy atom. The van der Waals surface area contributed by atoms with Crippen molar-refractivity contribution < 1.29 is 4.79 Å². The first-order valence-electron chi connectivity index (χ1n) is 12.8. The molecule has 0 unspecified atom stereocenters. The van der Waals surface area contributed by atoms with E-state index in [1.807, 2.05) is 41.3 Å². The minimum absolute atomic E-state index is 0.132. The minimum Gasteiger partial charge on any atom is -0.339 e. The summed E-state index contributed by atoms with van der Waals surface area (Å²) in [6.45, 7) is 4.16. The number of nitrogens with zero attached hydrogens (tertiary/aromatic N) is 6. The van der Waals surface area contributed by atoms with Crippen LogP contribution in [0.1, 0.15) is 5.56 Å².